The Kier molecular flexibility index (Phi) is 6.22. The Hall–Kier alpha value is 0.177. The van der Waals surface area contributed by atoms with E-state index < -0.39 is 8.32 Å². The molecular formula is C15H32OSi. The van der Waals surface area contributed by atoms with E-state index in [-0.39, 0.29) is 0 Å². The molecule has 2 heteroatoms. The zero-order valence-corrected chi connectivity index (χ0v) is 13.6. The first-order chi connectivity index (χ1) is 8.00. The van der Waals surface area contributed by atoms with Crippen LogP contribution >= 0.6 is 0 Å². The fourth-order valence-corrected chi connectivity index (χ4v) is 9.49. The van der Waals surface area contributed by atoms with Crippen molar-refractivity contribution >= 4 is 8.32 Å². The van der Waals surface area contributed by atoms with Crippen LogP contribution < -0.4 is 0 Å². The molecule has 0 aromatic heterocycles. The summed E-state index contributed by atoms with van der Waals surface area (Å²) in [6, 6.07) is 2.73. The SMILES string of the molecule is CO[Si](CC(C)C)(CC(C)C)C1CCCCC1. The number of hydrogen-bond donors (Lipinski definition) is 0. The average molecular weight is 257 g/mol. The maximum absolute atomic E-state index is 6.24. The third kappa shape index (κ3) is 4.40. The van der Waals surface area contributed by atoms with Gasteiger partial charge in [-0.25, -0.2) is 0 Å². The lowest BCUT2D eigenvalue weighted by Gasteiger charge is -2.41. The van der Waals surface area contributed by atoms with E-state index in [1.54, 1.807) is 0 Å². The summed E-state index contributed by atoms with van der Waals surface area (Å²) in [7, 11) is 0.511. The van der Waals surface area contributed by atoms with Crippen molar-refractivity contribution in [3.05, 3.63) is 0 Å². The molecule has 0 unspecified atom stereocenters. The van der Waals surface area contributed by atoms with Crippen LogP contribution in [0, 0.1) is 11.8 Å². The van der Waals surface area contributed by atoms with Gasteiger partial charge < -0.3 is 4.43 Å². The van der Waals surface area contributed by atoms with Gasteiger partial charge in [-0.2, -0.15) is 0 Å². The Morgan fingerprint density at radius 2 is 1.41 bits per heavy atom. The van der Waals surface area contributed by atoms with Crippen LogP contribution in [0.3, 0.4) is 0 Å². The maximum atomic E-state index is 6.24. The smallest absolute Gasteiger partial charge is 0.195 e. The van der Waals surface area contributed by atoms with Crippen LogP contribution in [0.4, 0.5) is 0 Å². The molecule has 0 N–H and O–H groups in total. The monoisotopic (exact) mass is 256 g/mol. The van der Waals surface area contributed by atoms with E-state index in [1.165, 1.54) is 44.2 Å². The van der Waals surface area contributed by atoms with E-state index in [2.05, 4.69) is 27.7 Å². The molecule has 0 aromatic carbocycles. The molecule has 102 valence electrons. The molecule has 1 fully saturated rings. The van der Waals surface area contributed by atoms with Gasteiger partial charge in [-0.1, -0.05) is 59.8 Å². The lowest BCUT2D eigenvalue weighted by Crippen LogP contribution is -2.45. The third-order valence-electron chi connectivity index (χ3n) is 4.26. The second kappa shape index (κ2) is 6.94. The fraction of sp³-hybridized carbons (Fsp3) is 1.00. The minimum atomic E-state index is -1.49. The standard InChI is InChI=1S/C15H32OSi/c1-13(2)11-17(16-5,12-14(3)4)15-9-7-6-8-10-15/h13-15H,6-12H2,1-5H3. The maximum Gasteiger partial charge on any atom is 0.195 e. The Labute approximate surface area is 109 Å². The van der Waals surface area contributed by atoms with Gasteiger partial charge in [-0.15, -0.1) is 0 Å². The van der Waals surface area contributed by atoms with Crippen LogP contribution in [0.15, 0.2) is 0 Å². The predicted molar refractivity (Wildman–Crippen MR) is 78.9 cm³/mol. The number of hydrogen-bond acceptors (Lipinski definition) is 1. The van der Waals surface area contributed by atoms with Crippen LogP contribution in [0.25, 0.3) is 0 Å². The minimum absolute atomic E-state index is 0.794. The fourth-order valence-electron chi connectivity index (χ4n) is 3.76. The Morgan fingerprint density at radius 3 is 1.76 bits per heavy atom. The van der Waals surface area contributed by atoms with Crippen LogP contribution in [-0.4, -0.2) is 15.4 Å². The largest absolute Gasteiger partial charge is 0.420 e. The van der Waals surface area contributed by atoms with Crippen LogP contribution in [0.2, 0.25) is 17.6 Å². The summed E-state index contributed by atoms with van der Waals surface area (Å²) in [6.07, 6.45) is 7.23. The molecule has 1 aliphatic carbocycles. The second-order valence-corrected chi connectivity index (χ2v) is 11.0. The molecule has 0 amide bonds. The van der Waals surface area contributed by atoms with E-state index in [1.807, 2.05) is 7.11 Å². The lowest BCUT2D eigenvalue weighted by atomic mass is 10.0. The van der Waals surface area contributed by atoms with Crippen LogP contribution in [-0.2, 0) is 4.43 Å². The number of rotatable bonds is 6. The molecule has 0 bridgehead atoms. The molecule has 1 nitrogen and oxygen atoms in total. The van der Waals surface area contributed by atoms with E-state index in [0.29, 0.717) is 0 Å². The molecule has 0 radical (unpaired) electrons. The van der Waals surface area contributed by atoms with Crippen molar-refractivity contribution in [2.24, 2.45) is 11.8 Å². The van der Waals surface area contributed by atoms with E-state index in [9.17, 15) is 0 Å². The first-order valence-electron chi connectivity index (χ1n) is 7.55. The highest BCUT2D eigenvalue weighted by Crippen LogP contribution is 2.44. The van der Waals surface area contributed by atoms with Gasteiger partial charge in [0.1, 0.15) is 0 Å². The normalized spacial score (nSPS) is 19.2. The third-order valence-corrected chi connectivity index (χ3v) is 10.2. The second-order valence-electron chi connectivity index (χ2n) is 6.80. The van der Waals surface area contributed by atoms with Gasteiger partial charge in [-0.3, -0.25) is 0 Å². The summed E-state index contributed by atoms with van der Waals surface area (Å²) < 4.78 is 6.24. The summed E-state index contributed by atoms with van der Waals surface area (Å²) >= 11 is 0. The summed E-state index contributed by atoms with van der Waals surface area (Å²) in [4.78, 5) is 0. The van der Waals surface area contributed by atoms with Crippen LogP contribution in [0.5, 0.6) is 0 Å². The predicted octanol–water partition coefficient (Wildman–Crippen LogP) is 5.22. The highest BCUT2D eigenvalue weighted by atomic mass is 28.4. The Balaban J connectivity index is 2.79. The first kappa shape index (κ1) is 15.2. The van der Waals surface area contributed by atoms with Crippen molar-refractivity contribution in [1.29, 1.82) is 0 Å². The Morgan fingerprint density at radius 1 is 0.941 bits per heavy atom. The van der Waals surface area contributed by atoms with Crippen molar-refractivity contribution < 1.29 is 4.43 Å². The van der Waals surface area contributed by atoms with E-state index in [0.717, 1.165) is 17.4 Å². The van der Waals surface area contributed by atoms with Crippen molar-refractivity contribution in [2.45, 2.75) is 77.4 Å². The van der Waals surface area contributed by atoms with E-state index >= 15 is 0 Å². The summed E-state index contributed by atoms with van der Waals surface area (Å²) in [5.74, 6) is 1.59. The lowest BCUT2D eigenvalue weighted by molar-refractivity contribution is 0.336. The van der Waals surface area contributed by atoms with Crippen molar-refractivity contribution in [1.82, 2.24) is 0 Å². The molecule has 0 aromatic rings. The summed E-state index contributed by atoms with van der Waals surface area (Å²) in [5.41, 5.74) is 0.936. The molecule has 1 aliphatic rings. The molecular weight excluding hydrogens is 224 g/mol. The van der Waals surface area contributed by atoms with Gasteiger partial charge in [0.15, 0.2) is 8.32 Å². The van der Waals surface area contributed by atoms with Crippen molar-refractivity contribution in [3.63, 3.8) is 0 Å². The highest BCUT2D eigenvalue weighted by molar-refractivity contribution is 6.75. The van der Waals surface area contributed by atoms with Gasteiger partial charge in [0.2, 0.25) is 0 Å². The highest BCUT2D eigenvalue weighted by Gasteiger charge is 2.43. The first-order valence-corrected chi connectivity index (χ1v) is 9.95. The minimum Gasteiger partial charge on any atom is -0.420 e. The average Bonchev–Trinajstić information content (AvgIpc) is 2.28. The summed E-state index contributed by atoms with van der Waals surface area (Å²) in [6.45, 7) is 9.46. The van der Waals surface area contributed by atoms with E-state index in [4.69, 9.17) is 4.43 Å². The molecule has 0 aliphatic heterocycles. The zero-order chi connectivity index (χ0) is 12.9. The molecule has 0 spiro atoms. The van der Waals surface area contributed by atoms with Gasteiger partial charge in [0, 0.05) is 7.11 Å². The molecule has 0 heterocycles. The van der Waals surface area contributed by atoms with Crippen molar-refractivity contribution in [3.8, 4) is 0 Å². The van der Waals surface area contributed by atoms with Gasteiger partial charge in [0.05, 0.1) is 0 Å². The molecule has 0 atom stereocenters. The van der Waals surface area contributed by atoms with Gasteiger partial charge in [-0.05, 0) is 29.5 Å². The van der Waals surface area contributed by atoms with Gasteiger partial charge >= 0.3 is 0 Å². The zero-order valence-electron chi connectivity index (χ0n) is 12.6. The molecule has 1 saturated carbocycles. The van der Waals surface area contributed by atoms with Crippen LogP contribution in [0.1, 0.15) is 59.8 Å². The molecule has 1 rings (SSSR count). The Bertz CT molecular complexity index is 197. The van der Waals surface area contributed by atoms with Gasteiger partial charge in [0.25, 0.3) is 0 Å². The summed E-state index contributed by atoms with van der Waals surface area (Å²) in [5, 5.41) is 0. The molecule has 17 heavy (non-hydrogen) atoms. The quantitative estimate of drug-likeness (QED) is 0.592. The topological polar surface area (TPSA) is 9.23 Å². The molecule has 0 saturated heterocycles. The van der Waals surface area contributed by atoms with Crippen molar-refractivity contribution in [2.75, 3.05) is 7.11 Å².